The van der Waals surface area contributed by atoms with Crippen LogP contribution >= 0.6 is 0 Å². The molecule has 2 nitrogen and oxygen atoms in total. The number of carbonyl (C=O) groups excluding carboxylic acids is 1. The van der Waals surface area contributed by atoms with Crippen molar-refractivity contribution >= 4 is 5.97 Å². The van der Waals surface area contributed by atoms with Crippen molar-refractivity contribution in [3.8, 4) is 0 Å². The Morgan fingerprint density at radius 1 is 1.00 bits per heavy atom. The number of fused-ring (bicyclic) bond motifs is 1. The predicted octanol–water partition coefficient (Wildman–Crippen LogP) is 3.15. The van der Waals surface area contributed by atoms with E-state index in [2.05, 4.69) is 6.92 Å². The molecule has 5 atom stereocenters. The van der Waals surface area contributed by atoms with Gasteiger partial charge in [-0.1, -0.05) is 26.2 Å². The van der Waals surface area contributed by atoms with Gasteiger partial charge in [0.1, 0.15) is 6.10 Å². The maximum atomic E-state index is 12.1. The van der Waals surface area contributed by atoms with Crippen molar-refractivity contribution < 1.29 is 9.53 Å². The zero-order chi connectivity index (χ0) is 11.1. The first-order valence-electron chi connectivity index (χ1n) is 6.98. The lowest BCUT2D eigenvalue weighted by Crippen LogP contribution is -2.30. The van der Waals surface area contributed by atoms with Crippen LogP contribution in [0.2, 0.25) is 0 Å². The lowest BCUT2D eigenvalue weighted by atomic mass is 9.72. The van der Waals surface area contributed by atoms with E-state index in [1.165, 1.54) is 38.5 Å². The van der Waals surface area contributed by atoms with E-state index < -0.39 is 0 Å². The van der Waals surface area contributed by atoms with E-state index in [1.54, 1.807) is 0 Å². The summed E-state index contributed by atoms with van der Waals surface area (Å²) in [5.41, 5.74) is 0. The normalized spacial score (nSPS) is 47.8. The first-order chi connectivity index (χ1) is 7.77. The molecule has 0 radical (unpaired) electrons. The van der Waals surface area contributed by atoms with Gasteiger partial charge in [-0.2, -0.15) is 0 Å². The number of rotatable bonds is 1. The minimum atomic E-state index is 0.135. The van der Waals surface area contributed by atoms with Crippen LogP contribution in [-0.2, 0) is 9.53 Å². The molecular formula is C14H22O2. The van der Waals surface area contributed by atoms with Crippen LogP contribution in [0.25, 0.3) is 0 Å². The molecule has 0 aromatic heterocycles. The molecule has 2 heteroatoms. The van der Waals surface area contributed by atoms with E-state index in [9.17, 15) is 4.79 Å². The molecule has 90 valence electrons. The SMILES string of the molecule is CC1CCCC1C1C(=O)OC2CCCCC21. The third-order valence-electron chi connectivity index (χ3n) is 5.14. The van der Waals surface area contributed by atoms with Gasteiger partial charge in [-0.15, -0.1) is 0 Å². The molecule has 0 aromatic carbocycles. The first-order valence-corrected chi connectivity index (χ1v) is 6.98. The van der Waals surface area contributed by atoms with Crippen molar-refractivity contribution in [2.45, 2.75) is 58.0 Å². The Labute approximate surface area is 97.7 Å². The van der Waals surface area contributed by atoms with Gasteiger partial charge < -0.3 is 4.74 Å². The summed E-state index contributed by atoms with van der Waals surface area (Å²) >= 11 is 0. The standard InChI is InChI=1S/C14H22O2/c1-9-5-4-7-10(9)13-11-6-2-3-8-12(11)16-14(13)15/h9-13H,2-8H2,1H3. The van der Waals surface area contributed by atoms with Gasteiger partial charge in [0.05, 0.1) is 5.92 Å². The van der Waals surface area contributed by atoms with Crippen LogP contribution in [0.3, 0.4) is 0 Å². The molecular weight excluding hydrogens is 200 g/mol. The Hall–Kier alpha value is -0.530. The van der Waals surface area contributed by atoms with Gasteiger partial charge in [0.15, 0.2) is 0 Å². The highest BCUT2D eigenvalue weighted by atomic mass is 16.6. The zero-order valence-corrected chi connectivity index (χ0v) is 10.2. The fourth-order valence-electron chi connectivity index (χ4n) is 4.29. The van der Waals surface area contributed by atoms with Crippen molar-refractivity contribution in [3.05, 3.63) is 0 Å². The largest absolute Gasteiger partial charge is 0.462 e. The van der Waals surface area contributed by atoms with Gasteiger partial charge in [0, 0.05) is 5.92 Å². The molecule has 3 fully saturated rings. The van der Waals surface area contributed by atoms with Crippen LogP contribution in [-0.4, -0.2) is 12.1 Å². The third-order valence-corrected chi connectivity index (χ3v) is 5.14. The molecule has 3 aliphatic rings. The maximum absolute atomic E-state index is 12.1. The van der Waals surface area contributed by atoms with E-state index in [4.69, 9.17) is 4.74 Å². The fourth-order valence-corrected chi connectivity index (χ4v) is 4.29. The monoisotopic (exact) mass is 222 g/mol. The van der Waals surface area contributed by atoms with Gasteiger partial charge >= 0.3 is 5.97 Å². The Balaban J connectivity index is 1.80. The second-order valence-corrected chi connectivity index (χ2v) is 6.02. The molecule has 1 aliphatic heterocycles. The van der Waals surface area contributed by atoms with Gasteiger partial charge in [0.25, 0.3) is 0 Å². The second-order valence-electron chi connectivity index (χ2n) is 6.02. The minimum Gasteiger partial charge on any atom is -0.462 e. The summed E-state index contributed by atoms with van der Waals surface area (Å²) in [4.78, 5) is 12.1. The lowest BCUT2D eigenvalue weighted by molar-refractivity contribution is -0.146. The first kappa shape index (κ1) is 10.6. The fraction of sp³-hybridized carbons (Fsp3) is 0.929. The van der Waals surface area contributed by atoms with E-state index >= 15 is 0 Å². The molecule has 1 saturated heterocycles. The molecule has 0 aromatic rings. The number of esters is 1. The number of hydrogen-bond donors (Lipinski definition) is 0. The smallest absolute Gasteiger partial charge is 0.309 e. The highest BCUT2D eigenvalue weighted by Gasteiger charge is 2.50. The Bertz CT molecular complexity index is 286. The minimum absolute atomic E-state index is 0.135. The van der Waals surface area contributed by atoms with Gasteiger partial charge in [0.2, 0.25) is 0 Å². The van der Waals surface area contributed by atoms with Gasteiger partial charge in [-0.25, -0.2) is 0 Å². The summed E-state index contributed by atoms with van der Waals surface area (Å²) in [6.45, 7) is 2.32. The average molecular weight is 222 g/mol. The summed E-state index contributed by atoms with van der Waals surface area (Å²) in [6.07, 6.45) is 9.05. The van der Waals surface area contributed by atoms with E-state index in [-0.39, 0.29) is 18.0 Å². The maximum Gasteiger partial charge on any atom is 0.309 e. The molecule has 3 rings (SSSR count). The van der Waals surface area contributed by atoms with Crippen molar-refractivity contribution in [1.29, 1.82) is 0 Å². The molecule has 0 amide bonds. The Morgan fingerprint density at radius 3 is 2.50 bits per heavy atom. The quantitative estimate of drug-likeness (QED) is 0.637. The highest BCUT2D eigenvalue weighted by Crippen LogP contribution is 2.48. The molecule has 5 unspecified atom stereocenters. The topological polar surface area (TPSA) is 26.3 Å². The summed E-state index contributed by atoms with van der Waals surface area (Å²) in [5.74, 6) is 2.31. The van der Waals surface area contributed by atoms with E-state index in [1.807, 2.05) is 0 Å². The van der Waals surface area contributed by atoms with Crippen molar-refractivity contribution in [1.82, 2.24) is 0 Å². The van der Waals surface area contributed by atoms with Crippen molar-refractivity contribution in [3.63, 3.8) is 0 Å². The van der Waals surface area contributed by atoms with Gasteiger partial charge in [-0.05, 0) is 37.5 Å². The average Bonchev–Trinajstić information content (AvgIpc) is 2.81. The Kier molecular flexibility index (Phi) is 2.68. The molecule has 2 aliphatic carbocycles. The van der Waals surface area contributed by atoms with Crippen LogP contribution in [0, 0.1) is 23.7 Å². The summed E-state index contributed by atoms with van der Waals surface area (Å²) in [7, 11) is 0. The van der Waals surface area contributed by atoms with E-state index in [0.717, 1.165) is 12.3 Å². The Morgan fingerprint density at radius 2 is 1.75 bits per heavy atom. The molecule has 1 heterocycles. The zero-order valence-electron chi connectivity index (χ0n) is 10.2. The van der Waals surface area contributed by atoms with Crippen LogP contribution in [0.1, 0.15) is 51.9 Å². The second kappa shape index (κ2) is 4.05. The highest BCUT2D eigenvalue weighted by molar-refractivity contribution is 5.75. The van der Waals surface area contributed by atoms with Gasteiger partial charge in [-0.3, -0.25) is 4.79 Å². The van der Waals surface area contributed by atoms with Crippen molar-refractivity contribution in [2.24, 2.45) is 23.7 Å². The molecule has 0 bridgehead atoms. The van der Waals surface area contributed by atoms with Crippen LogP contribution in [0.4, 0.5) is 0 Å². The molecule has 0 spiro atoms. The summed E-state index contributed by atoms with van der Waals surface area (Å²) < 4.78 is 5.60. The molecule has 0 N–H and O–H groups in total. The predicted molar refractivity (Wildman–Crippen MR) is 61.8 cm³/mol. The van der Waals surface area contributed by atoms with Crippen LogP contribution in [0.15, 0.2) is 0 Å². The summed E-state index contributed by atoms with van der Waals surface area (Å²) in [5, 5.41) is 0. The summed E-state index contributed by atoms with van der Waals surface area (Å²) in [6, 6.07) is 0. The van der Waals surface area contributed by atoms with Crippen LogP contribution in [0.5, 0.6) is 0 Å². The molecule has 16 heavy (non-hydrogen) atoms. The van der Waals surface area contributed by atoms with Crippen LogP contribution < -0.4 is 0 Å². The lowest BCUT2D eigenvalue weighted by Gasteiger charge is -2.29. The third kappa shape index (κ3) is 1.57. The number of hydrogen-bond acceptors (Lipinski definition) is 2. The molecule has 2 saturated carbocycles. The van der Waals surface area contributed by atoms with Crippen molar-refractivity contribution in [2.75, 3.05) is 0 Å². The number of ether oxygens (including phenoxy) is 1. The van der Waals surface area contributed by atoms with E-state index in [0.29, 0.717) is 11.8 Å². The number of carbonyl (C=O) groups is 1.